The quantitative estimate of drug-likeness (QED) is 0.238. The van der Waals surface area contributed by atoms with E-state index in [0.29, 0.717) is 11.8 Å². The number of ketones is 1. The van der Waals surface area contributed by atoms with Crippen LogP contribution in [0.5, 0.6) is 0 Å². The standard InChI is InChI=1S/C12H6N4O8S.C8H8O/c17-13(18)7-1-3-11(9(5-7)15(21)22)25-12-4-2-8(14(19)20)6-10(12)16(23)24;1-7(9)8-5-3-2-4-6-8/h1-6H;2-6H,1H3. The van der Waals surface area contributed by atoms with E-state index in [0.717, 1.165) is 42.0 Å². The van der Waals surface area contributed by atoms with Crippen molar-refractivity contribution >= 4 is 40.3 Å². The number of hydrogen-bond donors (Lipinski definition) is 0. The van der Waals surface area contributed by atoms with Crippen LogP contribution in [0.15, 0.2) is 76.5 Å². The lowest BCUT2D eigenvalue weighted by Gasteiger charge is -2.04. The van der Waals surface area contributed by atoms with E-state index in [1.54, 1.807) is 6.92 Å². The number of hydrogen-bond acceptors (Lipinski definition) is 10. The Balaban J connectivity index is 0.000000379. The fraction of sp³-hybridized carbons (Fsp3) is 0.0500. The lowest BCUT2D eigenvalue weighted by Crippen LogP contribution is -1.96. The first kappa shape index (κ1) is 25.5. The highest BCUT2D eigenvalue weighted by molar-refractivity contribution is 7.99. The van der Waals surface area contributed by atoms with Gasteiger partial charge in [0.2, 0.25) is 0 Å². The van der Waals surface area contributed by atoms with Crippen molar-refractivity contribution < 1.29 is 24.5 Å². The average Bonchev–Trinajstić information content (AvgIpc) is 2.80. The van der Waals surface area contributed by atoms with Crippen molar-refractivity contribution in [3.05, 3.63) is 113 Å². The third-order valence-electron chi connectivity index (χ3n) is 4.10. The van der Waals surface area contributed by atoms with Gasteiger partial charge in [-0.1, -0.05) is 42.1 Å². The molecule has 0 saturated carbocycles. The zero-order valence-corrected chi connectivity index (χ0v) is 18.0. The van der Waals surface area contributed by atoms with Crippen LogP contribution in [0, 0.1) is 40.5 Å². The molecule has 0 atom stereocenters. The molecule has 3 rings (SSSR count). The predicted molar refractivity (Wildman–Crippen MR) is 120 cm³/mol. The summed E-state index contributed by atoms with van der Waals surface area (Å²) in [6.07, 6.45) is 0. The number of nitrogens with zero attached hydrogens (tertiary/aromatic N) is 4. The highest BCUT2D eigenvalue weighted by atomic mass is 32.2. The zero-order chi connectivity index (χ0) is 25.4. The van der Waals surface area contributed by atoms with Crippen LogP contribution in [0.2, 0.25) is 0 Å². The van der Waals surface area contributed by atoms with Gasteiger partial charge in [-0.05, 0) is 19.1 Å². The second-order valence-electron chi connectivity index (χ2n) is 6.36. The minimum Gasteiger partial charge on any atom is -0.295 e. The molecule has 0 spiro atoms. The Morgan fingerprint density at radius 3 is 1.35 bits per heavy atom. The van der Waals surface area contributed by atoms with Crippen LogP contribution >= 0.6 is 11.8 Å². The molecule has 0 N–H and O–H groups in total. The number of benzene rings is 3. The van der Waals surface area contributed by atoms with Crippen LogP contribution in [0.25, 0.3) is 0 Å². The largest absolute Gasteiger partial charge is 0.295 e. The van der Waals surface area contributed by atoms with Gasteiger partial charge in [0.1, 0.15) is 0 Å². The Morgan fingerprint density at radius 2 is 1.06 bits per heavy atom. The second kappa shape index (κ2) is 11.2. The Kier molecular flexibility index (Phi) is 8.44. The first-order chi connectivity index (χ1) is 16.0. The van der Waals surface area contributed by atoms with Gasteiger partial charge in [0.25, 0.3) is 22.7 Å². The molecule has 0 bridgehead atoms. The molecule has 3 aromatic carbocycles. The summed E-state index contributed by atoms with van der Waals surface area (Å²) in [6.45, 7) is 1.56. The van der Waals surface area contributed by atoms with E-state index in [9.17, 15) is 45.3 Å². The van der Waals surface area contributed by atoms with E-state index >= 15 is 0 Å². The first-order valence-corrected chi connectivity index (χ1v) is 9.92. The molecule has 0 aliphatic carbocycles. The highest BCUT2D eigenvalue weighted by Crippen LogP contribution is 2.41. The van der Waals surface area contributed by atoms with Gasteiger partial charge in [0.15, 0.2) is 5.78 Å². The maximum atomic E-state index is 11.1. The molecular formula is C20H14N4O9S. The van der Waals surface area contributed by atoms with E-state index in [1.807, 2.05) is 30.3 Å². The molecule has 0 heterocycles. The van der Waals surface area contributed by atoms with Crippen LogP contribution < -0.4 is 0 Å². The number of carbonyl (C=O) groups is 1. The molecular weight excluding hydrogens is 472 g/mol. The number of Topliss-reactive ketones (excluding diaryl/α,β-unsaturated/α-hetero) is 1. The molecule has 0 unspecified atom stereocenters. The van der Waals surface area contributed by atoms with Gasteiger partial charge in [-0.2, -0.15) is 0 Å². The van der Waals surface area contributed by atoms with Crippen LogP contribution in [-0.4, -0.2) is 25.5 Å². The van der Waals surface area contributed by atoms with E-state index in [4.69, 9.17) is 0 Å². The van der Waals surface area contributed by atoms with Crippen LogP contribution in [0.4, 0.5) is 22.7 Å². The SMILES string of the molecule is CC(=O)c1ccccc1.O=[N+]([O-])c1ccc(Sc2ccc([N+](=O)[O-])cc2[N+](=O)[O-])c([N+](=O)[O-])c1. The van der Waals surface area contributed by atoms with Crippen molar-refractivity contribution in [2.45, 2.75) is 16.7 Å². The van der Waals surface area contributed by atoms with Gasteiger partial charge in [0, 0.05) is 17.7 Å². The lowest BCUT2D eigenvalue weighted by molar-refractivity contribution is -0.396. The summed E-state index contributed by atoms with van der Waals surface area (Å²) in [4.78, 5) is 50.8. The summed E-state index contributed by atoms with van der Waals surface area (Å²) in [5, 5.41) is 43.6. The predicted octanol–water partition coefficient (Wildman–Crippen LogP) is 5.36. The number of nitro benzene ring substituents is 4. The fourth-order valence-corrected chi connectivity index (χ4v) is 3.47. The molecule has 0 aromatic heterocycles. The third-order valence-corrected chi connectivity index (χ3v) is 5.23. The van der Waals surface area contributed by atoms with Crippen LogP contribution in [0.3, 0.4) is 0 Å². The second-order valence-corrected chi connectivity index (χ2v) is 7.44. The monoisotopic (exact) mass is 486 g/mol. The molecule has 0 aliphatic rings. The van der Waals surface area contributed by atoms with Gasteiger partial charge >= 0.3 is 0 Å². The van der Waals surface area contributed by atoms with Gasteiger partial charge in [-0.3, -0.25) is 45.3 Å². The molecule has 13 nitrogen and oxygen atoms in total. The third kappa shape index (κ3) is 6.64. The topological polar surface area (TPSA) is 190 Å². The Labute approximate surface area is 194 Å². The van der Waals surface area contributed by atoms with Crippen LogP contribution in [-0.2, 0) is 0 Å². The molecule has 14 heteroatoms. The van der Waals surface area contributed by atoms with E-state index in [2.05, 4.69) is 0 Å². The summed E-state index contributed by atoms with van der Waals surface area (Å²) >= 11 is 0.610. The first-order valence-electron chi connectivity index (χ1n) is 9.10. The Hall–Kier alpha value is -4.72. The number of non-ortho nitro benzene ring substituents is 2. The molecule has 0 amide bonds. The van der Waals surface area contributed by atoms with Gasteiger partial charge < -0.3 is 0 Å². The summed E-state index contributed by atoms with van der Waals surface area (Å²) in [5.41, 5.74) is -1.44. The molecule has 3 aromatic rings. The minimum absolute atomic E-state index is 0.0763. The van der Waals surface area contributed by atoms with Crippen molar-refractivity contribution in [1.29, 1.82) is 0 Å². The Morgan fingerprint density at radius 1 is 0.647 bits per heavy atom. The van der Waals surface area contributed by atoms with E-state index < -0.39 is 42.4 Å². The number of carbonyl (C=O) groups excluding carboxylic acids is 1. The summed E-state index contributed by atoms with van der Waals surface area (Å²) in [5.74, 6) is 0.121. The van der Waals surface area contributed by atoms with Crippen molar-refractivity contribution in [1.82, 2.24) is 0 Å². The molecule has 0 aliphatic heterocycles. The molecule has 174 valence electrons. The van der Waals surface area contributed by atoms with Crippen molar-refractivity contribution in [2.75, 3.05) is 0 Å². The molecule has 34 heavy (non-hydrogen) atoms. The van der Waals surface area contributed by atoms with E-state index in [-0.39, 0.29) is 15.6 Å². The average molecular weight is 486 g/mol. The molecule has 0 fully saturated rings. The van der Waals surface area contributed by atoms with Crippen LogP contribution in [0.1, 0.15) is 17.3 Å². The Bertz CT molecular complexity index is 1210. The van der Waals surface area contributed by atoms with Gasteiger partial charge in [-0.25, -0.2) is 0 Å². The zero-order valence-electron chi connectivity index (χ0n) is 17.2. The molecule has 0 radical (unpaired) electrons. The minimum atomic E-state index is -0.855. The summed E-state index contributed by atoms with van der Waals surface area (Å²) < 4.78 is 0. The number of rotatable bonds is 7. The highest BCUT2D eigenvalue weighted by Gasteiger charge is 2.25. The summed E-state index contributed by atoms with van der Waals surface area (Å²) in [6, 6.07) is 14.9. The lowest BCUT2D eigenvalue weighted by atomic mass is 10.2. The van der Waals surface area contributed by atoms with Gasteiger partial charge in [0.05, 0.1) is 41.6 Å². The normalized spacial score (nSPS) is 9.91. The number of nitro groups is 4. The van der Waals surface area contributed by atoms with Gasteiger partial charge in [-0.15, -0.1) is 0 Å². The van der Waals surface area contributed by atoms with Crippen molar-refractivity contribution in [2.24, 2.45) is 0 Å². The fourth-order valence-electron chi connectivity index (χ4n) is 2.49. The maximum absolute atomic E-state index is 11.1. The summed E-state index contributed by atoms with van der Waals surface area (Å²) in [7, 11) is 0. The van der Waals surface area contributed by atoms with Crippen molar-refractivity contribution in [3.63, 3.8) is 0 Å². The van der Waals surface area contributed by atoms with E-state index in [1.165, 1.54) is 0 Å². The smallest absolute Gasteiger partial charge is 0.290 e. The van der Waals surface area contributed by atoms with Crippen molar-refractivity contribution in [3.8, 4) is 0 Å². The molecule has 0 saturated heterocycles. The maximum Gasteiger partial charge on any atom is 0.290 e.